The Kier molecular flexibility index (Phi) is 5.68. The number of benzene rings is 3. The molecular formula is C23H15ClFN3O2. The van der Waals surface area contributed by atoms with Gasteiger partial charge in [0.2, 0.25) is 5.88 Å². The molecule has 0 bridgehead atoms. The number of hydrogen-bond acceptors (Lipinski definition) is 4. The lowest BCUT2D eigenvalue weighted by Crippen LogP contribution is -2.11. The lowest BCUT2D eigenvalue weighted by Gasteiger charge is -2.08. The summed E-state index contributed by atoms with van der Waals surface area (Å²) >= 11 is 5.75. The van der Waals surface area contributed by atoms with E-state index in [1.807, 2.05) is 30.3 Å². The van der Waals surface area contributed by atoms with Crippen molar-refractivity contribution < 1.29 is 13.9 Å². The number of anilines is 1. The minimum Gasteiger partial charge on any atom is -0.439 e. The van der Waals surface area contributed by atoms with Gasteiger partial charge in [0.1, 0.15) is 17.9 Å². The van der Waals surface area contributed by atoms with Crippen LogP contribution in [0.5, 0.6) is 11.6 Å². The molecule has 3 aromatic carbocycles. The van der Waals surface area contributed by atoms with Gasteiger partial charge in [-0.3, -0.25) is 4.79 Å². The molecule has 0 saturated heterocycles. The molecule has 5 nitrogen and oxygen atoms in total. The van der Waals surface area contributed by atoms with E-state index in [2.05, 4.69) is 15.3 Å². The summed E-state index contributed by atoms with van der Waals surface area (Å²) in [5.74, 6) is 0.218. The van der Waals surface area contributed by atoms with E-state index in [0.29, 0.717) is 28.6 Å². The van der Waals surface area contributed by atoms with Gasteiger partial charge in [0.15, 0.2) is 0 Å². The van der Waals surface area contributed by atoms with Crippen molar-refractivity contribution in [2.24, 2.45) is 0 Å². The van der Waals surface area contributed by atoms with Crippen LogP contribution in [0.4, 0.5) is 10.1 Å². The third kappa shape index (κ3) is 4.61. The van der Waals surface area contributed by atoms with Crippen LogP contribution in [-0.4, -0.2) is 15.9 Å². The van der Waals surface area contributed by atoms with Crippen LogP contribution >= 0.6 is 11.6 Å². The summed E-state index contributed by atoms with van der Waals surface area (Å²) < 4.78 is 19.0. The van der Waals surface area contributed by atoms with Gasteiger partial charge in [0.05, 0.1) is 10.7 Å². The molecule has 7 heteroatoms. The first kappa shape index (κ1) is 19.5. The van der Waals surface area contributed by atoms with Crippen molar-refractivity contribution >= 4 is 23.2 Å². The monoisotopic (exact) mass is 419 g/mol. The topological polar surface area (TPSA) is 64.1 Å². The lowest BCUT2D eigenvalue weighted by molar-refractivity contribution is 0.102. The summed E-state index contributed by atoms with van der Waals surface area (Å²) in [4.78, 5) is 20.8. The number of carbonyl (C=O) groups excluding carboxylic acids is 1. The third-order valence-electron chi connectivity index (χ3n) is 4.23. The standard InChI is InChI=1S/C23H15ClFN3O2/c24-19-12-17(10-11-20(19)25)28-23(29)16-8-6-15(7-9-16)21-13-22(27-14-26-21)30-18-4-2-1-3-5-18/h1-14H,(H,28,29). The van der Waals surface area contributed by atoms with Crippen molar-refractivity contribution in [3.05, 3.63) is 102 Å². The maximum Gasteiger partial charge on any atom is 0.255 e. The van der Waals surface area contributed by atoms with Gasteiger partial charge in [-0.1, -0.05) is 41.9 Å². The molecule has 0 aliphatic heterocycles. The Labute approximate surface area is 177 Å². The van der Waals surface area contributed by atoms with Crippen molar-refractivity contribution in [3.8, 4) is 22.9 Å². The number of carbonyl (C=O) groups is 1. The molecule has 1 heterocycles. The molecule has 1 N–H and O–H groups in total. The number of hydrogen-bond donors (Lipinski definition) is 1. The summed E-state index contributed by atoms with van der Waals surface area (Å²) in [6, 6.07) is 22.0. The average Bonchev–Trinajstić information content (AvgIpc) is 2.77. The zero-order valence-corrected chi connectivity index (χ0v) is 16.3. The second-order valence-corrected chi connectivity index (χ2v) is 6.72. The minimum atomic E-state index is -0.542. The molecule has 0 spiro atoms. The molecule has 1 amide bonds. The largest absolute Gasteiger partial charge is 0.439 e. The van der Waals surface area contributed by atoms with Crippen LogP contribution in [0.2, 0.25) is 5.02 Å². The summed E-state index contributed by atoms with van der Waals surface area (Å²) in [5.41, 5.74) is 2.31. The Hall–Kier alpha value is -3.77. The van der Waals surface area contributed by atoms with E-state index in [0.717, 1.165) is 5.56 Å². The van der Waals surface area contributed by atoms with Crippen LogP contribution in [-0.2, 0) is 0 Å². The highest BCUT2D eigenvalue weighted by Gasteiger charge is 2.10. The van der Waals surface area contributed by atoms with E-state index < -0.39 is 5.82 Å². The van der Waals surface area contributed by atoms with Gasteiger partial charge in [-0.2, -0.15) is 0 Å². The molecule has 0 radical (unpaired) electrons. The molecule has 0 aliphatic carbocycles. The Morgan fingerprint density at radius 2 is 1.70 bits per heavy atom. The van der Waals surface area contributed by atoms with Crippen LogP contribution in [0.25, 0.3) is 11.3 Å². The Bertz CT molecular complexity index is 1180. The fourth-order valence-corrected chi connectivity index (χ4v) is 2.91. The first-order chi connectivity index (χ1) is 14.6. The predicted octanol–water partition coefficient (Wildman–Crippen LogP) is 5.98. The predicted molar refractivity (Wildman–Crippen MR) is 113 cm³/mol. The molecule has 0 fully saturated rings. The third-order valence-corrected chi connectivity index (χ3v) is 4.52. The number of ether oxygens (including phenoxy) is 1. The summed E-state index contributed by atoms with van der Waals surface area (Å²) in [6.07, 6.45) is 1.42. The molecule has 0 saturated carbocycles. The highest BCUT2D eigenvalue weighted by Crippen LogP contribution is 2.24. The number of amides is 1. The molecular weight excluding hydrogens is 405 g/mol. The zero-order chi connectivity index (χ0) is 20.9. The average molecular weight is 420 g/mol. The van der Waals surface area contributed by atoms with Crippen LogP contribution in [0.3, 0.4) is 0 Å². The first-order valence-corrected chi connectivity index (χ1v) is 9.38. The second-order valence-electron chi connectivity index (χ2n) is 6.32. The Morgan fingerprint density at radius 1 is 0.933 bits per heavy atom. The number of nitrogens with zero attached hydrogens (tertiary/aromatic N) is 2. The molecule has 0 unspecified atom stereocenters. The summed E-state index contributed by atoms with van der Waals surface area (Å²) in [6.45, 7) is 0. The highest BCUT2D eigenvalue weighted by molar-refractivity contribution is 6.31. The summed E-state index contributed by atoms with van der Waals surface area (Å²) in [5, 5.41) is 2.63. The number of nitrogens with one attached hydrogen (secondary N) is 1. The maximum atomic E-state index is 13.3. The molecule has 1 aromatic heterocycles. The van der Waals surface area contributed by atoms with E-state index >= 15 is 0 Å². The van der Waals surface area contributed by atoms with Crippen molar-refractivity contribution in [3.63, 3.8) is 0 Å². The van der Waals surface area contributed by atoms with Crippen molar-refractivity contribution in [2.75, 3.05) is 5.32 Å². The summed E-state index contributed by atoms with van der Waals surface area (Å²) in [7, 11) is 0. The van der Waals surface area contributed by atoms with Crippen LogP contribution in [0.1, 0.15) is 10.4 Å². The van der Waals surface area contributed by atoms with Gasteiger partial charge in [-0.25, -0.2) is 14.4 Å². The number of halogens is 2. The van der Waals surface area contributed by atoms with Gasteiger partial charge in [-0.15, -0.1) is 0 Å². The number of para-hydroxylation sites is 1. The first-order valence-electron chi connectivity index (χ1n) is 9.00. The fourth-order valence-electron chi connectivity index (χ4n) is 2.73. The zero-order valence-electron chi connectivity index (χ0n) is 15.5. The van der Waals surface area contributed by atoms with E-state index in [4.69, 9.17) is 16.3 Å². The van der Waals surface area contributed by atoms with Crippen molar-refractivity contribution in [1.82, 2.24) is 9.97 Å². The molecule has 0 aliphatic rings. The quantitative estimate of drug-likeness (QED) is 0.432. The normalized spacial score (nSPS) is 10.5. The SMILES string of the molecule is O=C(Nc1ccc(F)c(Cl)c1)c1ccc(-c2cc(Oc3ccccc3)ncn2)cc1. The molecule has 4 aromatic rings. The van der Waals surface area contributed by atoms with Crippen LogP contribution in [0, 0.1) is 5.82 Å². The number of rotatable bonds is 5. The van der Waals surface area contributed by atoms with Crippen molar-refractivity contribution in [2.45, 2.75) is 0 Å². The van der Waals surface area contributed by atoms with Gasteiger partial charge in [-0.05, 0) is 42.5 Å². The van der Waals surface area contributed by atoms with E-state index in [1.54, 1.807) is 30.3 Å². The second kappa shape index (κ2) is 8.71. The molecule has 4 rings (SSSR count). The van der Waals surface area contributed by atoms with E-state index in [-0.39, 0.29) is 10.9 Å². The molecule has 0 atom stereocenters. The fraction of sp³-hybridized carbons (Fsp3) is 0. The molecule has 30 heavy (non-hydrogen) atoms. The lowest BCUT2D eigenvalue weighted by atomic mass is 10.1. The number of aromatic nitrogens is 2. The van der Waals surface area contributed by atoms with Gasteiger partial charge in [0, 0.05) is 22.9 Å². The van der Waals surface area contributed by atoms with Gasteiger partial charge >= 0.3 is 0 Å². The van der Waals surface area contributed by atoms with Gasteiger partial charge in [0.25, 0.3) is 5.91 Å². The Morgan fingerprint density at radius 3 is 2.43 bits per heavy atom. The smallest absolute Gasteiger partial charge is 0.255 e. The Balaban J connectivity index is 1.48. The highest BCUT2D eigenvalue weighted by atomic mass is 35.5. The van der Waals surface area contributed by atoms with Crippen LogP contribution < -0.4 is 10.1 Å². The molecule has 148 valence electrons. The minimum absolute atomic E-state index is 0.0552. The van der Waals surface area contributed by atoms with E-state index in [1.165, 1.54) is 24.5 Å². The van der Waals surface area contributed by atoms with E-state index in [9.17, 15) is 9.18 Å². The maximum absolute atomic E-state index is 13.3. The van der Waals surface area contributed by atoms with Gasteiger partial charge < -0.3 is 10.1 Å². The van der Waals surface area contributed by atoms with Crippen molar-refractivity contribution in [1.29, 1.82) is 0 Å². The van der Waals surface area contributed by atoms with Crippen LogP contribution in [0.15, 0.2) is 85.2 Å².